The molecule has 0 aliphatic rings. The molecule has 1 heterocycles. The third kappa shape index (κ3) is 4.36. The van der Waals surface area contributed by atoms with Crippen LogP contribution in [0.25, 0.3) is 11.0 Å². The van der Waals surface area contributed by atoms with Crippen LogP contribution < -0.4 is 16.4 Å². The van der Waals surface area contributed by atoms with Crippen LogP contribution >= 0.6 is 0 Å². The second-order valence-electron chi connectivity index (χ2n) is 6.48. The summed E-state index contributed by atoms with van der Waals surface area (Å²) in [4.78, 5) is 28.6. The van der Waals surface area contributed by atoms with E-state index in [0.29, 0.717) is 0 Å². The van der Waals surface area contributed by atoms with Crippen molar-refractivity contribution in [1.29, 1.82) is 0 Å². The van der Waals surface area contributed by atoms with Gasteiger partial charge in [-0.15, -0.1) is 0 Å². The number of carbonyl (C=O) groups excluding carboxylic acids is 2. The SMILES string of the molecule is CCn1c(C(C)NC(=O)CNC(=O)[C@@H](N)C(C)C)nc2ccccc21. The van der Waals surface area contributed by atoms with E-state index in [9.17, 15) is 9.59 Å². The Morgan fingerprint density at radius 1 is 1.24 bits per heavy atom. The van der Waals surface area contributed by atoms with E-state index in [1.807, 2.05) is 52.0 Å². The molecule has 1 aromatic carbocycles. The zero-order chi connectivity index (χ0) is 18.6. The molecule has 0 aliphatic heterocycles. The van der Waals surface area contributed by atoms with Crippen molar-refractivity contribution in [2.75, 3.05) is 6.54 Å². The average molecular weight is 345 g/mol. The maximum atomic E-state index is 12.1. The van der Waals surface area contributed by atoms with Crippen LogP contribution in [0, 0.1) is 5.92 Å². The van der Waals surface area contributed by atoms with E-state index in [0.717, 1.165) is 23.4 Å². The van der Waals surface area contributed by atoms with Gasteiger partial charge in [0.2, 0.25) is 11.8 Å². The zero-order valence-corrected chi connectivity index (χ0v) is 15.2. The van der Waals surface area contributed by atoms with Crippen LogP contribution in [0.2, 0.25) is 0 Å². The van der Waals surface area contributed by atoms with Crippen LogP contribution in [-0.4, -0.2) is 34.0 Å². The summed E-state index contributed by atoms with van der Waals surface area (Å²) in [6.45, 7) is 8.31. The number of para-hydroxylation sites is 2. The van der Waals surface area contributed by atoms with Gasteiger partial charge in [0, 0.05) is 6.54 Å². The summed E-state index contributed by atoms with van der Waals surface area (Å²) in [5.41, 5.74) is 7.70. The second kappa shape index (κ2) is 8.11. The highest BCUT2D eigenvalue weighted by Crippen LogP contribution is 2.20. The Hall–Kier alpha value is -2.41. The summed E-state index contributed by atoms with van der Waals surface area (Å²) < 4.78 is 2.08. The molecule has 0 bridgehead atoms. The zero-order valence-electron chi connectivity index (χ0n) is 15.2. The molecule has 136 valence electrons. The Balaban J connectivity index is 2.01. The van der Waals surface area contributed by atoms with E-state index in [1.165, 1.54) is 0 Å². The Bertz CT molecular complexity index is 753. The number of benzene rings is 1. The van der Waals surface area contributed by atoms with Gasteiger partial charge in [-0.3, -0.25) is 9.59 Å². The van der Waals surface area contributed by atoms with Gasteiger partial charge in [-0.25, -0.2) is 4.98 Å². The summed E-state index contributed by atoms with van der Waals surface area (Å²) in [7, 11) is 0. The van der Waals surface area contributed by atoms with Crippen molar-refractivity contribution in [3.63, 3.8) is 0 Å². The molecule has 1 aromatic heterocycles. The Labute approximate surface area is 148 Å². The van der Waals surface area contributed by atoms with Crippen LogP contribution in [0.3, 0.4) is 0 Å². The van der Waals surface area contributed by atoms with Gasteiger partial charge in [0.25, 0.3) is 0 Å². The predicted molar refractivity (Wildman–Crippen MR) is 97.8 cm³/mol. The number of aromatic nitrogens is 2. The minimum absolute atomic E-state index is 0.0199. The molecule has 1 unspecified atom stereocenters. The highest BCUT2D eigenvalue weighted by Gasteiger charge is 2.20. The molecular formula is C18H27N5O2. The minimum Gasteiger partial charge on any atom is -0.346 e. The topological polar surface area (TPSA) is 102 Å². The molecular weight excluding hydrogens is 318 g/mol. The maximum Gasteiger partial charge on any atom is 0.239 e. The van der Waals surface area contributed by atoms with Crippen molar-refractivity contribution in [2.45, 2.75) is 46.3 Å². The van der Waals surface area contributed by atoms with Crippen LogP contribution in [0.1, 0.15) is 39.6 Å². The number of nitrogens with two attached hydrogens (primary N) is 1. The van der Waals surface area contributed by atoms with Gasteiger partial charge >= 0.3 is 0 Å². The second-order valence-corrected chi connectivity index (χ2v) is 6.48. The number of fused-ring (bicyclic) bond motifs is 1. The van der Waals surface area contributed by atoms with E-state index < -0.39 is 6.04 Å². The highest BCUT2D eigenvalue weighted by molar-refractivity contribution is 5.87. The first-order chi connectivity index (χ1) is 11.8. The third-order valence-electron chi connectivity index (χ3n) is 4.21. The molecule has 7 heteroatoms. The molecule has 2 aromatic rings. The lowest BCUT2D eigenvalue weighted by Gasteiger charge is -2.17. The molecule has 0 saturated carbocycles. The third-order valence-corrected chi connectivity index (χ3v) is 4.21. The molecule has 0 aliphatic carbocycles. The number of amides is 2. The predicted octanol–water partition coefficient (Wildman–Crippen LogP) is 1.33. The summed E-state index contributed by atoms with van der Waals surface area (Å²) in [6.07, 6.45) is 0. The van der Waals surface area contributed by atoms with E-state index >= 15 is 0 Å². The number of carbonyl (C=O) groups is 2. The normalized spacial score (nSPS) is 13.7. The lowest BCUT2D eigenvalue weighted by atomic mass is 10.1. The first-order valence-electron chi connectivity index (χ1n) is 8.63. The van der Waals surface area contributed by atoms with Crippen LogP contribution in [0.5, 0.6) is 0 Å². The lowest BCUT2D eigenvalue weighted by molar-refractivity contribution is -0.127. The van der Waals surface area contributed by atoms with Gasteiger partial charge in [0.05, 0.1) is 29.7 Å². The number of imidazole rings is 1. The Morgan fingerprint density at radius 2 is 1.92 bits per heavy atom. The molecule has 4 N–H and O–H groups in total. The molecule has 0 saturated heterocycles. The first-order valence-corrected chi connectivity index (χ1v) is 8.63. The van der Waals surface area contributed by atoms with Crippen molar-refractivity contribution in [3.05, 3.63) is 30.1 Å². The standard InChI is InChI=1S/C18H27N5O2/c1-5-23-14-9-7-6-8-13(14)22-17(23)12(4)21-15(24)10-20-18(25)16(19)11(2)3/h6-9,11-12,16H,5,10,19H2,1-4H3,(H,20,25)(H,21,24)/t12?,16-/m0/s1. The first kappa shape index (κ1) is 18.9. The minimum atomic E-state index is -0.616. The summed E-state index contributed by atoms with van der Waals surface area (Å²) in [5, 5.41) is 5.45. The number of nitrogens with one attached hydrogen (secondary N) is 2. The molecule has 2 atom stereocenters. The van der Waals surface area contributed by atoms with Crippen LogP contribution in [0.4, 0.5) is 0 Å². The van der Waals surface area contributed by atoms with Crippen molar-refractivity contribution in [3.8, 4) is 0 Å². The highest BCUT2D eigenvalue weighted by atomic mass is 16.2. The molecule has 2 amide bonds. The lowest BCUT2D eigenvalue weighted by Crippen LogP contribution is -2.47. The van der Waals surface area contributed by atoms with Crippen molar-refractivity contribution in [2.24, 2.45) is 11.7 Å². The van der Waals surface area contributed by atoms with Crippen LogP contribution in [0.15, 0.2) is 24.3 Å². The quantitative estimate of drug-likeness (QED) is 0.704. The van der Waals surface area contributed by atoms with Gasteiger partial charge < -0.3 is 20.9 Å². The van der Waals surface area contributed by atoms with Gasteiger partial charge in [0.1, 0.15) is 5.82 Å². The largest absolute Gasteiger partial charge is 0.346 e. The van der Waals surface area contributed by atoms with Gasteiger partial charge in [0.15, 0.2) is 0 Å². The molecule has 0 fully saturated rings. The summed E-state index contributed by atoms with van der Waals surface area (Å²) >= 11 is 0. The number of rotatable bonds is 7. The molecule has 7 nitrogen and oxygen atoms in total. The number of nitrogens with zero attached hydrogens (tertiary/aromatic N) is 2. The Kier molecular flexibility index (Phi) is 6.14. The fraction of sp³-hybridized carbons (Fsp3) is 0.500. The van der Waals surface area contributed by atoms with Gasteiger partial charge in [-0.05, 0) is 31.9 Å². The summed E-state index contributed by atoms with van der Waals surface area (Å²) in [6, 6.07) is 6.99. The van der Waals surface area contributed by atoms with Crippen molar-refractivity contribution in [1.82, 2.24) is 20.2 Å². The molecule has 0 spiro atoms. The monoisotopic (exact) mass is 345 g/mol. The number of hydrogen-bond donors (Lipinski definition) is 3. The van der Waals surface area contributed by atoms with Gasteiger partial charge in [-0.2, -0.15) is 0 Å². The summed E-state index contributed by atoms with van der Waals surface area (Å²) in [5.74, 6) is 0.221. The maximum absolute atomic E-state index is 12.1. The molecule has 2 rings (SSSR count). The molecule has 25 heavy (non-hydrogen) atoms. The molecule has 0 radical (unpaired) electrons. The van der Waals surface area contributed by atoms with Crippen LogP contribution in [-0.2, 0) is 16.1 Å². The van der Waals surface area contributed by atoms with E-state index in [-0.39, 0.29) is 30.3 Å². The number of aryl methyl sites for hydroxylation is 1. The number of hydrogen-bond acceptors (Lipinski definition) is 4. The fourth-order valence-electron chi connectivity index (χ4n) is 2.70. The van der Waals surface area contributed by atoms with E-state index in [1.54, 1.807) is 0 Å². The van der Waals surface area contributed by atoms with Crippen molar-refractivity contribution >= 4 is 22.8 Å². The Morgan fingerprint density at radius 3 is 2.56 bits per heavy atom. The van der Waals surface area contributed by atoms with Crippen molar-refractivity contribution < 1.29 is 9.59 Å². The van der Waals surface area contributed by atoms with Gasteiger partial charge in [-0.1, -0.05) is 26.0 Å². The fourth-order valence-corrected chi connectivity index (χ4v) is 2.70. The average Bonchev–Trinajstić information content (AvgIpc) is 2.97. The smallest absolute Gasteiger partial charge is 0.239 e. The van der Waals surface area contributed by atoms with E-state index in [4.69, 9.17) is 5.73 Å². The van der Waals surface area contributed by atoms with E-state index in [2.05, 4.69) is 20.2 Å².